The Morgan fingerprint density at radius 1 is 1.90 bits per heavy atom. The van der Waals surface area contributed by atoms with E-state index in [2.05, 4.69) is 10.1 Å². The second-order valence-corrected chi connectivity index (χ2v) is 2.43. The highest BCUT2D eigenvalue weighted by Crippen LogP contribution is 2.18. The quantitative estimate of drug-likeness (QED) is 0.393. The molecule has 0 amide bonds. The van der Waals surface area contributed by atoms with E-state index in [9.17, 15) is 4.79 Å². The number of nitrogens with zero attached hydrogens (tertiary/aromatic N) is 2. The highest BCUT2D eigenvalue weighted by molar-refractivity contribution is 5.92. The second-order valence-electron chi connectivity index (χ2n) is 2.43. The lowest BCUT2D eigenvalue weighted by atomic mass is 10.0. The fourth-order valence-corrected chi connectivity index (χ4v) is 0.671. The highest BCUT2D eigenvalue weighted by atomic mass is 16.6. The van der Waals surface area contributed by atoms with E-state index in [1.807, 2.05) is 0 Å². The van der Waals surface area contributed by atoms with Crippen molar-refractivity contribution >= 4 is 11.8 Å². The lowest BCUT2D eigenvalue weighted by molar-refractivity contribution is 0.150. The van der Waals surface area contributed by atoms with Gasteiger partial charge < -0.3 is 4.84 Å². The number of hydrogen-bond donors (Lipinski definition) is 0. The molecule has 4 nitrogen and oxygen atoms in total. The van der Waals surface area contributed by atoms with Gasteiger partial charge in [-0.25, -0.2) is 4.79 Å². The Labute approximate surface area is 58.6 Å². The minimum Gasteiger partial charge on any atom is -0.393 e. The van der Waals surface area contributed by atoms with Gasteiger partial charge in [0.05, 0.1) is 5.71 Å². The highest BCUT2D eigenvalue weighted by Gasteiger charge is 2.33. The van der Waals surface area contributed by atoms with E-state index in [0.717, 1.165) is 5.71 Å². The van der Waals surface area contributed by atoms with Crippen LogP contribution in [-0.2, 0) is 9.63 Å². The molecule has 0 saturated carbocycles. The zero-order valence-corrected chi connectivity index (χ0v) is 5.92. The van der Waals surface area contributed by atoms with Gasteiger partial charge in [-0.1, -0.05) is 5.16 Å². The summed E-state index contributed by atoms with van der Waals surface area (Å²) in [6.45, 7) is 3.89. The van der Waals surface area contributed by atoms with Crippen LogP contribution in [0.1, 0.15) is 13.8 Å². The molecule has 0 aromatic rings. The summed E-state index contributed by atoms with van der Waals surface area (Å²) in [5, 5.41) is 3.65. The molecule has 0 radical (unpaired) electrons. The average Bonchev–Trinajstić information content (AvgIpc) is 2.15. The summed E-state index contributed by atoms with van der Waals surface area (Å²) in [4.78, 5) is 18.2. The van der Waals surface area contributed by atoms with Crippen LogP contribution >= 0.6 is 0 Å². The molecule has 54 valence electrons. The number of oxime groups is 1. The lowest BCUT2D eigenvalue weighted by Crippen LogP contribution is -2.30. The third kappa shape index (κ3) is 0.933. The largest absolute Gasteiger partial charge is 0.393 e. The first-order valence-electron chi connectivity index (χ1n) is 2.95. The SMILES string of the molecule is CC1=NOCC1(C)N=C=O. The molecule has 1 rings (SSSR count). The molecule has 1 heterocycles. The minimum atomic E-state index is -0.568. The Balaban J connectivity index is 2.88. The van der Waals surface area contributed by atoms with E-state index in [-0.39, 0.29) is 0 Å². The van der Waals surface area contributed by atoms with Crippen LogP contribution in [-0.4, -0.2) is 23.9 Å². The van der Waals surface area contributed by atoms with E-state index < -0.39 is 5.54 Å². The number of isocyanates is 1. The van der Waals surface area contributed by atoms with Crippen molar-refractivity contribution in [2.24, 2.45) is 10.1 Å². The first kappa shape index (κ1) is 6.96. The van der Waals surface area contributed by atoms with Gasteiger partial charge in [0.1, 0.15) is 12.1 Å². The zero-order valence-electron chi connectivity index (χ0n) is 5.92. The van der Waals surface area contributed by atoms with Gasteiger partial charge >= 0.3 is 0 Å². The van der Waals surface area contributed by atoms with Crippen molar-refractivity contribution in [2.45, 2.75) is 19.4 Å². The molecule has 10 heavy (non-hydrogen) atoms. The molecule has 4 heteroatoms. The fourth-order valence-electron chi connectivity index (χ4n) is 0.671. The second kappa shape index (κ2) is 2.23. The smallest absolute Gasteiger partial charge is 0.236 e. The fraction of sp³-hybridized carbons (Fsp3) is 0.667. The van der Waals surface area contributed by atoms with Crippen LogP contribution in [0.4, 0.5) is 0 Å². The maximum Gasteiger partial charge on any atom is 0.236 e. The van der Waals surface area contributed by atoms with Gasteiger partial charge in [-0.2, -0.15) is 4.99 Å². The first-order chi connectivity index (χ1) is 4.69. The van der Waals surface area contributed by atoms with Gasteiger partial charge in [-0.3, -0.25) is 0 Å². The molecule has 0 aliphatic carbocycles. The summed E-state index contributed by atoms with van der Waals surface area (Å²) in [5.74, 6) is 0. The van der Waals surface area contributed by atoms with Gasteiger partial charge in [-0.05, 0) is 13.8 Å². The summed E-state index contributed by atoms with van der Waals surface area (Å²) in [7, 11) is 0. The van der Waals surface area contributed by atoms with Crippen molar-refractivity contribution in [2.75, 3.05) is 6.61 Å². The summed E-state index contributed by atoms with van der Waals surface area (Å²) in [6.07, 6.45) is 1.49. The van der Waals surface area contributed by atoms with Gasteiger partial charge in [0.15, 0.2) is 0 Å². The van der Waals surface area contributed by atoms with Crippen LogP contribution in [0, 0.1) is 0 Å². The van der Waals surface area contributed by atoms with Crippen molar-refractivity contribution in [3.8, 4) is 0 Å². The molecule has 0 N–H and O–H groups in total. The molecule has 0 aromatic carbocycles. The maximum absolute atomic E-state index is 9.91. The third-order valence-electron chi connectivity index (χ3n) is 1.62. The third-order valence-corrected chi connectivity index (χ3v) is 1.62. The molecule has 0 bridgehead atoms. The summed E-state index contributed by atoms with van der Waals surface area (Å²) >= 11 is 0. The molecule has 1 unspecified atom stereocenters. The Kier molecular flexibility index (Phi) is 1.55. The van der Waals surface area contributed by atoms with Crippen molar-refractivity contribution in [3.63, 3.8) is 0 Å². The molecule has 1 atom stereocenters. The van der Waals surface area contributed by atoms with Crippen molar-refractivity contribution < 1.29 is 9.63 Å². The van der Waals surface area contributed by atoms with E-state index in [1.54, 1.807) is 13.8 Å². The molecule has 0 saturated heterocycles. The van der Waals surface area contributed by atoms with E-state index in [4.69, 9.17) is 4.84 Å². The van der Waals surface area contributed by atoms with E-state index >= 15 is 0 Å². The van der Waals surface area contributed by atoms with E-state index in [0.29, 0.717) is 6.61 Å². The van der Waals surface area contributed by atoms with Crippen LogP contribution in [0.3, 0.4) is 0 Å². The lowest BCUT2D eigenvalue weighted by Gasteiger charge is -2.11. The number of aliphatic imine (C=N–C) groups is 1. The molecular weight excluding hydrogens is 132 g/mol. The monoisotopic (exact) mass is 140 g/mol. The molecule has 0 fully saturated rings. The molecule has 1 aliphatic rings. The number of hydrogen-bond acceptors (Lipinski definition) is 4. The number of rotatable bonds is 1. The van der Waals surface area contributed by atoms with Crippen molar-refractivity contribution in [3.05, 3.63) is 0 Å². The van der Waals surface area contributed by atoms with Crippen LogP contribution in [0.2, 0.25) is 0 Å². The predicted molar refractivity (Wildman–Crippen MR) is 35.6 cm³/mol. The average molecular weight is 140 g/mol. The summed E-state index contributed by atoms with van der Waals surface area (Å²) < 4.78 is 0. The summed E-state index contributed by atoms with van der Waals surface area (Å²) in [5.41, 5.74) is 0.151. The molecule has 0 aromatic heterocycles. The maximum atomic E-state index is 9.91. The van der Waals surface area contributed by atoms with Crippen LogP contribution < -0.4 is 0 Å². The van der Waals surface area contributed by atoms with Crippen LogP contribution in [0.15, 0.2) is 10.1 Å². The van der Waals surface area contributed by atoms with Gasteiger partial charge in [0.25, 0.3) is 0 Å². The molecule has 0 spiro atoms. The van der Waals surface area contributed by atoms with Crippen LogP contribution in [0.25, 0.3) is 0 Å². The molecule has 1 aliphatic heterocycles. The summed E-state index contributed by atoms with van der Waals surface area (Å²) in [6, 6.07) is 0. The topological polar surface area (TPSA) is 51.0 Å². The normalized spacial score (nSPS) is 30.4. The standard InChI is InChI=1S/C6H8N2O2/c1-5-6(2,7-4-9)3-10-8-5/h3H2,1-2H3. The Bertz CT molecular complexity index is 218. The first-order valence-corrected chi connectivity index (χ1v) is 2.95. The van der Waals surface area contributed by atoms with Crippen molar-refractivity contribution in [1.29, 1.82) is 0 Å². The zero-order chi connectivity index (χ0) is 7.61. The molecular formula is C6H8N2O2. The van der Waals surface area contributed by atoms with Gasteiger partial charge in [0, 0.05) is 0 Å². The predicted octanol–water partition coefficient (Wildman–Crippen LogP) is 0.487. The minimum absolute atomic E-state index is 0.341. The Hall–Kier alpha value is -1.15. The Morgan fingerprint density at radius 3 is 3.00 bits per heavy atom. The van der Waals surface area contributed by atoms with Gasteiger partial charge in [0.2, 0.25) is 6.08 Å². The van der Waals surface area contributed by atoms with Crippen LogP contribution in [0.5, 0.6) is 0 Å². The van der Waals surface area contributed by atoms with E-state index in [1.165, 1.54) is 6.08 Å². The van der Waals surface area contributed by atoms with Gasteiger partial charge in [-0.15, -0.1) is 0 Å². The Morgan fingerprint density at radius 2 is 2.60 bits per heavy atom. The number of carbonyl (C=O) groups excluding carboxylic acids is 1. The van der Waals surface area contributed by atoms with Crippen molar-refractivity contribution in [1.82, 2.24) is 0 Å².